The molecule has 0 unspecified atom stereocenters. The van der Waals surface area contributed by atoms with E-state index in [2.05, 4.69) is 20.5 Å². The number of hydrogen-bond acceptors (Lipinski definition) is 5. The topological polar surface area (TPSA) is 70.7 Å². The molecular formula is C15H13ClN4OS. The lowest BCUT2D eigenvalue weighted by molar-refractivity contribution is 0.878. The normalized spacial score (nSPS) is 10.6. The second-order valence-corrected chi connectivity index (χ2v) is 6.26. The Kier molecular flexibility index (Phi) is 4.22. The van der Waals surface area contributed by atoms with Gasteiger partial charge in [-0.15, -0.1) is 21.5 Å². The number of aromatic amines is 1. The number of aryl methyl sites for hydroxylation is 1. The van der Waals surface area contributed by atoms with Crippen LogP contribution in [0.15, 0.2) is 40.5 Å². The molecule has 1 aromatic carbocycles. The first kappa shape index (κ1) is 14.7. The molecule has 0 aliphatic rings. The molecule has 112 valence electrons. The Balaban J connectivity index is 1.83. The van der Waals surface area contributed by atoms with E-state index < -0.39 is 0 Å². The summed E-state index contributed by atoms with van der Waals surface area (Å²) in [5.41, 5.74) is 1.93. The molecule has 0 fully saturated rings. The average Bonchev–Trinajstić information content (AvgIpc) is 2.99. The van der Waals surface area contributed by atoms with Gasteiger partial charge in [-0.05, 0) is 36.1 Å². The molecule has 5 nitrogen and oxygen atoms in total. The zero-order chi connectivity index (χ0) is 15.5. The van der Waals surface area contributed by atoms with Gasteiger partial charge in [0, 0.05) is 22.0 Å². The van der Waals surface area contributed by atoms with Crippen LogP contribution in [0.4, 0.5) is 11.6 Å². The van der Waals surface area contributed by atoms with Crippen LogP contribution >= 0.6 is 22.9 Å². The minimum atomic E-state index is -0.245. The third-order valence-corrected chi connectivity index (χ3v) is 4.25. The number of anilines is 2. The summed E-state index contributed by atoms with van der Waals surface area (Å²) in [6.07, 6.45) is 0.483. The Hall–Kier alpha value is -2.18. The molecule has 0 radical (unpaired) electrons. The summed E-state index contributed by atoms with van der Waals surface area (Å²) in [5, 5.41) is 13.7. The summed E-state index contributed by atoms with van der Waals surface area (Å²) in [4.78, 5) is 15.9. The lowest BCUT2D eigenvalue weighted by Gasteiger charge is -2.08. The van der Waals surface area contributed by atoms with Crippen LogP contribution in [0.1, 0.15) is 16.1 Å². The van der Waals surface area contributed by atoms with E-state index >= 15 is 0 Å². The highest BCUT2D eigenvalue weighted by atomic mass is 35.5. The van der Waals surface area contributed by atoms with E-state index in [0.717, 1.165) is 16.1 Å². The molecule has 2 heterocycles. The van der Waals surface area contributed by atoms with Crippen molar-refractivity contribution in [1.29, 1.82) is 0 Å². The predicted molar refractivity (Wildman–Crippen MR) is 89.2 cm³/mol. The number of rotatable bonds is 4. The predicted octanol–water partition coefficient (Wildman–Crippen LogP) is 3.52. The van der Waals surface area contributed by atoms with E-state index in [1.165, 1.54) is 0 Å². The van der Waals surface area contributed by atoms with Crippen LogP contribution in [0.2, 0.25) is 5.02 Å². The molecule has 0 bridgehead atoms. The maximum absolute atomic E-state index is 12.1. The smallest absolute Gasteiger partial charge is 0.274 e. The lowest BCUT2D eigenvalue weighted by Crippen LogP contribution is -2.18. The van der Waals surface area contributed by atoms with Crippen LogP contribution in [0.25, 0.3) is 0 Å². The van der Waals surface area contributed by atoms with E-state index in [1.807, 2.05) is 30.5 Å². The Morgan fingerprint density at radius 1 is 1.32 bits per heavy atom. The van der Waals surface area contributed by atoms with Gasteiger partial charge in [0.05, 0.1) is 0 Å². The maximum Gasteiger partial charge on any atom is 0.274 e. The van der Waals surface area contributed by atoms with Crippen molar-refractivity contribution in [3.05, 3.63) is 67.2 Å². The Morgan fingerprint density at radius 2 is 2.18 bits per heavy atom. The number of nitrogens with zero attached hydrogens (tertiary/aromatic N) is 2. The third-order valence-electron chi connectivity index (χ3n) is 3.14. The maximum atomic E-state index is 12.1. The standard InChI is InChI=1S/C15H13ClN4OS/c1-9-4-5-10(16)7-12(9)17-15-18-14(21)13(19-20-15)8-11-3-2-6-22-11/h2-7H,8H2,1H3,(H2,17,18,20,21). The minimum Gasteiger partial charge on any atom is -0.324 e. The van der Waals surface area contributed by atoms with Crippen LogP contribution < -0.4 is 10.9 Å². The first-order valence-electron chi connectivity index (χ1n) is 6.63. The molecule has 7 heteroatoms. The van der Waals surface area contributed by atoms with Crippen molar-refractivity contribution in [2.45, 2.75) is 13.3 Å². The molecule has 0 aliphatic carbocycles. The number of aromatic nitrogens is 3. The van der Waals surface area contributed by atoms with Crippen molar-refractivity contribution in [1.82, 2.24) is 15.2 Å². The summed E-state index contributed by atoms with van der Waals surface area (Å²) in [6, 6.07) is 9.38. The van der Waals surface area contributed by atoms with Gasteiger partial charge in [-0.1, -0.05) is 23.7 Å². The Labute approximate surface area is 136 Å². The van der Waals surface area contributed by atoms with Gasteiger partial charge in [-0.2, -0.15) is 0 Å². The van der Waals surface area contributed by atoms with Crippen LogP contribution in [0, 0.1) is 6.92 Å². The van der Waals surface area contributed by atoms with Crippen molar-refractivity contribution < 1.29 is 0 Å². The summed E-state index contributed by atoms with van der Waals surface area (Å²) >= 11 is 7.56. The van der Waals surface area contributed by atoms with Crippen molar-refractivity contribution in [2.24, 2.45) is 0 Å². The molecule has 2 aromatic heterocycles. The van der Waals surface area contributed by atoms with Gasteiger partial charge < -0.3 is 5.32 Å². The molecule has 0 saturated heterocycles. The number of benzene rings is 1. The van der Waals surface area contributed by atoms with E-state index in [4.69, 9.17) is 11.6 Å². The minimum absolute atomic E-state index is 0.245. The monoisotopic (exact) mass is 332 g/mol. The van der Waals surface area contributed by atoms with Crippen LogP contribution in [-0.2, 0) is 6.42 Å². The highest BCUT2D eigenvalue weighted by Gasteiger charge is 2.08. The highest BCUT2D eigenvalue weighted by molar-refractivity contribution is 7.09. The number of hydrogen-bond donors (Lipinski definition) is 2. The molecule has 22 heavy (non-hydrogen) atoms. The number of nitrogens with one attached hydrogen (secondary N) is 2. The fourth-order valence-electron chi connectivity index (χ4n) is 1.97. The van der Waals surface area contributed by atoms with Gasteiger partial charge in [0.25, 0.3) is 5.56 Å². The van der Waals surface area contributed by atoms with E-state index in [0.29, 0.717) is 23.1 Å². The van der Waals surface area contributed by atoms with Crippen molar-refractivity contribution in [3.8, 4) is 0 Å². The molecule has 0 saturated carbocycles. The van der Waals surface area contributed by atoms with Gasteiger partial charge in [0.15, 0.2) is 0 Å². The Bertz CT molecular complexity index is 845. The summed E-state index contributed by atoms with van der Waals surface area (Å²) in [6.45, 7) is 1.94. The van der Waals surface area contributed by atoms with Gasteiger partial charge in [-0.3, -0.25) is 9.78 Å². The summed E-state index contributed by atoms with van der Waals surface area (Å²) < 4.78 is 0. The van der Waals surface area contributed by atoms with Crippen LogP contribution in [0.5, 0.6) is 0 Å². The molecule has 0 aliphatic heterocycles. The summed E-state index contributed by atoms with van der Waals surface area (Å²) in [7, 11) is 0. The third kappa shape index (κ3) is 3.35. The highest BCUT2D eigenvalue weighted by Crippen LogP contribution is 2.22. The quantitative estimate of drug-likeness (QED) is 0.766. The van der Waals surface area contributed by atoms with Crippen molar-refractivity contribution in [2.75, 3.05) is 5.32 Å². The second-order valence-electron chi connectivity index (χ2n) is 4.79. The SMILES string of the molecule is Cc1ccc(Cl)cc1Nc1nnc(Cc2cccs2)c(=O)[nH]1. The Morgan fingerprint density at radius 3 is 2.91 bits per heavy atom. The number of H-pyrrole nitrogens is 1. The van der Waals surface area contributed by atoms with Gasteiger partial charge in [0.1, 0.15) is 5.69 Å². The number of thiophene rings is 1. The molecule has 2 N–H and O–H groups in total. The molecule has 3 rings (SSSR count). The average molecular weight is 333 g/mol. The van der Waals surface area contributed by atoms with Crippen molar-refractivity contribution in [3.63, 3.8) is 0 Å². The molecule has 0 spiro atoms. The van der Waals surface area contributed by atoms with Gasteiger partial charge in [0.2, 0.25) is 5.95 Å². The van der Waals surface area contributed by atoms with Gasteiger partial charge in [-0.25, -0.2) is 0 Å². The van der Waals surface area contributed by atoms with Gasteiger partial charge >= 0.3 is 0 Å². The molecule has 3 aromatic rings. The lowest BCUT2D eigenvalue weighted by atomic mass is 10.2. The van der Waals surface area contributed by atoms with E-state index in [1.54, 1.807) is 23.5 Å². The molecule has 0 atom stereocenters. The fraction of sp³-hybridized carbons (Fsp3) is 0.133. The zero-order valence-corrected chi connectivity index (χ0v) is 13.3. The second kappa shape index (κ2) is 6.29. The van der Waals surface area contributed by atoms with Crippen LogP contribution in [0.3, 0.4) is 0 Å². The number of halogens is 1. The van der Waals surface area contributed by atoms with Crippen molar-refractivity contribution >= 4 is 34.6 Å². The first-order valence-corrected chi connectivity index (χ1v) is 7.89. The largest absolute Gasteiger partial charge is 0.324 e. The molecule has 0 amide bonds. The first-order chi connectivity index (χ1) is 10.6. The zero-order valence-electron chi connectivity index (χ0n) is 11.8. The fourth-order valence-corrected chi connectivity index (χ4v) is 2.85. The summed E-state index contributed by atoms with van der Waals surface area (Å²) in [5.74, 6) is 0.297. The van der Waals surface area contributed by atoms with E-state index in [9.17, 15) is 4.79 Å². The van der Waals surface area contributed by atoms with E-state index in [-0.39, 0.29) is 5.56 Å². The van der Waals surface area contributed by atoms with Crippen LogP contribution in [-0.4, -0.2) is 15.2 Å². The molecular weight excluding hydrogens is 320 g/mol.